The first-order valence-corrected chi connectivity index (χ1v) is 3.77. The van der Waals surface area contributed by atoms with Crippen LogP contribution < -0.4 is 5.32 Å². The van der Waals surface area contributed by atoms with E-state index in [-0.39, 0.29) is 11.5 Å². The SMILES string of the molecule is C/C(=C\O)C(=O)Nc1ccccn1. The molecule has 0 spiro atoms. The Hall–Kier alpha value is -1.84. The molecule has 1 aromatic rings. The molecular weight excluding hydrogens is 168 g/mol. The van der Waals surface area contributed by atoms with Crippen molar-refractivity contribution in [2.45, 2.75) is 6.92 Å². The van der Waals surface area contributed by atoms with E-state index in [0.717, 1.165) is 6.26 Å². The van der Waals surface area contributed by atoms with Gasteiger partial charge in [0.2, 0.25) is 0 Å². The zero-order valence-corrected chi connectivity index (χ0v) is 7.19. The molecule has 0 fully saturated rings. The minimum atomic E-state index is -0.360. The van der Waals surface area contributed by atoms with Gasteiger partial charge in [-0.1, -0.05) is 6.07 Å². The number of hydrogen-bond donors (Lipinski definition) is 2. The second-order valence-electron chi connectivity index (χ2n) is 2.48. The number of carbonyl (C=O) groups excluding carboxylic acids is 1. The van der Waals surface area contributed by atoms with Crippen LogP contribution in [0.2, 0.25) is 0 Å². The van der Waals surface area contributed by atoms with Gasteiger partial charge in [0.05, 0.1) is 6.26 Å². The maximum Gasteiger partial charge on any atom is 0.255 e. The molecule has 1 aromatic heterocycles. The summed E-state index contributed by atoms with van der Waals surface area (Å²) in [5, 5.41) is 11.1. The number of amides is 1. The number of hydrogen-bond acceptors (Lipinski definition) is 3. The predicted molar refractivity (Wildman–Crippen MR) is 49.3 cm³/mol. The van der Waals surface area contributed by atoms with Crippen molar-refractivity contribution in [2.24, 2.45) is 0 Å². The summed E-state index contributed by atoms with van der Waals surface area (Å²) in [5.41, 5.74) is 0.241. The van der Waals surface area contributed by atoms with Crippen molar-refractivity contribution in [3.05, 3.63) is 36.2 Å². The molecule has 0 saturated heterocycles. The first kappa shape index (κ1) is 9.25. The molecule has 4 nitrogen and oxygen atoms in total. The van der Waals surface area contributed by atoms with Gasteiger partial charge in [-0.3, -0.25) is 4.79 Å². The summed E-state index contributed by atoms with van der Waals surface area (Å²) in [6.07, 6.45) is 2.34. The van der Waals surface area contributed by atoms with Gasteiger partial charge >= 0.3 is 0 Å². The van der Waals surface area contributed by atoms with Crippen LogP contribution in [0.1, 0.15) is 6.92 Å². The van der Waals surface area contributed by atoms with Gasteiger partial charge < -0.3 is 10.4 Å². The molecule has 4 heteroatoms. The normalized spacial score (nSPS) is 11.0. The van der Waals surface area contributed by atoms with Crippen LogP contribution in [0.3, 0.4) is 0 Å². The maximum atomic E-state index is 11.2. The lowest BCUT2D eigenvalue weighted by Gasteiger charge is -2.01. The lowest BCUT2D eigenvalue weighted by Crippen LogP contribution is -2.13. The molecule has 0 radical (unpaired) electrons. The third-order valence-electron chi connectivity index (χ3n) is 1.46. The van der Waals surface area contributed by atoms with Gasteiger partial charge in [0.1, 0.15) is 5.82 Å². The van der Waals surface area contributed by atoms with E-state index in [2.05, 4.69) is 10.3 Å². The summed E-state index contributed by atoms with van der Waals surface area (Å²) in [4.78, 5) is 15.1. The summed E-state index contributed by atoms with van der Waals surface area (Å²) in [6.45, 7) is 1.51. The quantitative estimate of drug-likeness (QED) is 0.532. The molecule has 0 aromatic carbocycles. The first-order chi connectivity index (χ1) is 6.24. The van der Waals surface area contributed by atoms with Gasteiger partial charge in [-0.15, -0.1) is 0 Å². The molecule has 0 aliphatic heterocycles. The van der Waals surface area contributed by atoms with Crippen LogP contribution in [0.4, 0.5) is 5.82 Å². The first-order valence-electron chi connectivity index (χ1n) is 3.77. The lowest BCUT2D eigenvalue weighted by atomic mass is 10.3. The van der Waals surface area contributed by atoms with E-state index in [9.17, 15) is 4.79 Å². The molecular formula is C9H10N2O2. The van der Waals surface area contributed by atoms with Gasteiger partial charge in [0, 0.05) is 11.8 Å². The van der Waals surface area contributed by atoms with Crippen molar-refractivity contribution in [3.8, 4) is 0 Å². The fourth-order valence-electron chi connectivity index (χ4n) is 0.710. The number of carbonyl (C=O) groups is 1. The summed E-state index contributed by atoms with van der Waals surface area (Å²) >= 11 is 0. The summed E-state index contributed by atoms with van der Waals surface area (Å²) in [6, 6.07) is 5.19. The molecule has 0 unspecified atom stereocenters. The predicted octanol–water partition coefficient (Wildman–Crippen LogP) is 1.48. The Morgan fingerprint density at radius 3 is 2.92 bits per heavy atom. The Kier molecular flexibility index (Phi) is 3.03. The van der Waals surface area contributed by atoms with Gasteiger partial charge in [0.25, 0.3) is 5.91 Å². The van der Waals surface area contributed by atoms with Crippen LogP contribution in [0, 0.1) is 0 Å². The fourth-order valence-corrected chi connectivity index (χ4v) is 0.710. The topological polar surface area (TPSA) is 62.2 Å². The number of rotatable bonds is 2. The Bertz CT molecular complexity index is 320. The van der Waals surface area contributed by atoms with Gasteiger partial charge in [-0.2, -0.15) is 0 Å². The van der Waals surface area contributed by atoms with Crippen molar-refractivity contribution < 1.29 is 9.90 Å². The van der Waals surface area contributed by atoms with E-state index in [0.29, 0.717) is 5.82 Å². The highest BCUT2D eigenvalue weighted by atomic mass is 16.2. The molecule has 1 amide bonds. The summed E-state index contributed by atoms with van der Waals surface area (Å²) < 4.78 is 0. The molecule has 13 heavy (non-hydrogen) atoms. The van der Waals surface area contributed by atoms with E-state index in [1.165, 1.54) is 6.92 Å². The molecule has 0 aliphatic carbocycles. The molecule has 0 bridgehead atoms. The second-order valence-corrected chi connectivity index (χ2v) is 2.48. The summed E-state index contributed by atoms with van der Waals surface area (Å²) in [5.74, 6) is 0.106. The van der Waals surface area contributed by atoms with Crippen LogP contribution in [0.5, 0.6) is 0 Å². The van der Waals surface area contributed by atoms with Crippen molar-refractivity contribution in [1.82, 2.24) is 4.98 Å². The molecule has 0 aliphatic rings. The smallest absolute Gasteiger partial charge is 0.255 e. The van der Waals surface area contributed by atoms with E-state index < -0.39 is 0 Å². The number of aliphatic hydroxyl groups is 1. The highest BCUT2D eigenvalue weighted by Crippen LogP contribution is 2.02. The van der Waals surface area contributed by atoms with E-state index in [1.54, 1.807) is 24.4 Å². The monoisotopic (exact) mass is 178 g/mol. The van der Waals surface area contributed by atoms with E-state index in [4.69, 9.17) is 5.11 Å². The van der Waals surface area contributed by atoms with Crippen LogP contribution in [-0.4, -0.2) is 16.0 Å². The number of nitrogens with zero attached hydrogens (tertiary/aromatic N) is 1. The summed E-state index contributed by atoms with van der Waals surface area (Å²) in [7, 11) is 0. The molecule has 1 heterocycles. The number of aliphatic hydroxyl groups excluding tert-OH is 1. The van der Waals surface area contributed by atoms with E-state index >= 15 is 0 Å². The van der Waals surface area contributed by atoms with Gasteiger partial charge in [-0.05, 0) is 19.1 Å². The van der Waals surface area contributed by atoms with E-state index in [1.807, 2.05) is 0 Å². The average Bonchev–Trinajstić information content (AvgIpc) is 2.18. The molecule has 0 saturated carbocycles. The zero-order valence-electron chi connectivity index (χ0n) is 7.19. The zero-order chi connectivity index (χ0) is 9.68. The third-order valence-corrected chi connectivity index (χ3v) is 1.46. The van der Waals surface area contributed by atoms with Crippen molar-refractivity contribution in [2.75, 3.05) is 5.32 Å². The largest absolute Gasteiger partial charge is 0.515 e. The van der Waals surface area contributed by atoms with Gasteiger partial charge in [-0.25, -0.2) is 4.98 Å². The lowest BCUT2D eigenvalue weighted by molar-refractivity contribution is -0.112. The van der Waals surface area contributed by atoms with Crippen LogP contribution in [-0.2, 0) is 4.79 Å². The standard InChI is InChI=1S/C9H10N2O2/c1-7(6-12)9(13)11-8-4-2-3-5-10-8/h2-6,12H,1H3,(H,10,11,13)/b7-6+. The highest BCUT2D eigenvalue weighted by Gasteiger charge is 2.03. The molecule has 0 atom stereocenters. The Labute approximate surface area is 75.9 Å². The fraction of sp³-hybridized carbons (Fsp3) is 0.111. The number of nitrogens with one attached hydrogen (secondary N) is 1. The number of pyridine rings is 1. The maximum absolute atomic E-state index is 11.2. The van der Waals surface area contributed by atoms with Crippen LogP contribution in [0.15, 0.2) is 36.2 Å². The highest BCUT2D eigenvalue weighted by molar-refractivity contribution is 6.02. The molecule has 68 valence electrons. The third kappa shape index (κ3) is 2.59. The van der Waals surface area contributed by atoms with Crippen LogP contribution >= 0.6 is 0 Å². The van der Waals surface area contributed by atoms with Crippen molar-refractivity contribution in [3.63, 3.8) is 0 Å². The minimum absolute atomic E-state index is 0.241. The molecule has 1 rings (SSSR count). The van der Waals surface area contributed by atoms with Crippen LogP contribution in [0.25, 0.3) is 0 Å². The average molecular weight is 178 g/mol. The minimum Gasteiger partial charge on any atom is -0.515 e. The Morgan fingerprint density at radius 2 is 2.38 bits per heavy atom. The van der Waals surface area contributed by atoms with Crippen molar-refractivity contribution >= 4 is 11.7 Å². The van der Waals surface area contributed by atoms with Gasteiger partial charge in [0.15, 0.2) is 0 Å². The number of anilines is 1. The Morgan fingerprint density at radius 1 is 1.62 bits per heavy atom. The Balaban J connectivity index is 2.66. The molecule has 2 N–H and O–H groups in total. The van der Waals surface area contributed by atoms with Crippen molar-refractivity contribution in [1.29, 1.82) is 0 Å². The number of aromatic nitrogens is 1. The second kappa shape index (κ2) is 4.25.